The lowest BCUT2D eigenvalue weighted by Gasteiger charge is -2.20. The third-order valence-electron chi connectivity index (χ3n) is 4.39. The van der Waals surface area contributed by atoms with Crippen LogP contribution in [0.4, 0.5) is 5.69 Å². The van der Waals surface area contributed by atoms with Gasteiger partial charge in [0.2, 0.25) is 15.9 Å². The highest BCUT2D eigenvalue weighted by Crippen LogP contribution is 2.24. The van der Waals surface area contributed by atoms with E-state index in [1.807, 2.05) is 37.3 Å². The smallest absolute Gasteiger partial charge is 0.243 e. The first-order chi connectivity index (χ1) is 14.5. The molecule has 3 rings (SSSR count). The van der Waals surface area contributed by atoms with Gasteiger partial charge in [0.25, 0.3) is 0 Å². The lowest BCUT2D eigenvalue weighted by molar-refractivity contribution is -0.117. The fraction of sp³-hybridized carbons (Fsp3) is 0.174. The SMILES string of the molecule is CCOc1ccccc1NC(=O)[C@H](Cc1ccccc1)NS(=O)(=O)c1ccccc1. The average molecular weight is 425 g/mol. The fourth-order valence-corrected chi connectivity index (χ4v) is 4.18. The Labute approximate surface area is 177 Å². The molecule has 3 aromatic carbocycles. The number of ether oxygens (including phenoxy) is 1. The summed E-state index contributed by atoms with van der Waals surface area (Å²) >= 11 is 0. The number of sulfonamides is 1. The van der Waals surface area contributed by atoms with Crippen LogP contribution < -0.4 is 14.8 Å². The summed E-state index contributed by atoms with van der Waals surface area (Å²) in [6.45, 7) is 2.30. The predicted molar refractivity (Wildman–Crippen MR) is 117 cm³/mol. The highest BCUT2D eigenvalue weighted by atomic mass is 32.2. The molecule has 3 aromatic rings. The second kappa shape index (κ2) is 10.0. The molecule has 7 heteroatoms. The van der Waals surface area contributed by atoms with E-state index >= 15 is 0 Å². The molecule has 6 nitrogen and oxygen atoms in total. The number of benzene rings is 3. The molecule has 0 saturated carbocycles. The zero-order valence-electron chi connectivity index (χ0n) is 16.6. The number of para-hydroxylation sites is 2. The summed E-state index contributed by atoms with van der Waals surface area (Å²) in [5.41, 5.74) is 1.33. The van der Waals surface area contributed by atoms with E-state index in [1.165, 1.54) is 12.1 Å². The van der Waals surface area contributed by atoms with Gasteiger partial charge in [-0.05, 0) is 43.2 Å². The monoisotopic (exact) mass is 424 g/mol. The van der Waals surface area contributed by atoms with Crippen LogP contribution >= 0.6 is 0 Å². The normalized spacial score (nSPS) is 12.2. The Morgan fingerprint density at radius 2 is 1.50 bits per heavy atom. The summed E-state index contributed by atoms with van der Waals surface area (Å²) in [6.07, 6.45) is 0.204. The first-order valence-electron chi connectivity index (χ1n) is 9.63. The first kappa shape index (κ1) is 21.5. The summed E-state index contributed by atoms with van der Waals surface area (Å²) in [5.74, 6) is 0.0586. The maximum atomic E-state index is 13.1. The predicted octanol–water partition coefficient (Wildman–Crippen LogP) is 3.61. The van der Waals surface area contributed by atoms with Crippen LogP contribution in [0.5, 0.6) is 5.75 Å². The summed E-state index contributed by atoms with van der Waals surface area (Å²) in [5, 5.41) is 2.80. The molecular weight excluding hydrogens is 400 g/mol. The van der Waals surface area contributed by atoms with Crippen molar-refractivity contribution in [1.29, 1.82) is 0 Å². The van der Waals surface area contributed by atoms with Gasteiger partial charge in [-0.15, -0.1) is 0 Å². The molecule has 0 fully saturated rings. The molecule has 0 aromatic heterocycles. The number of hydrogen-bond donors (Lipinski definition) is 2. The molecule has 0 aliphatic heterocycles. The molecule has 0 bridgehead atoms. The van der Waals surface area contributed by atoms with Crippen LogP contribution in [0.25, 0.3) is 0 Å². The molecule has 156 valence electrons. The van der Waals surface area contributed by atoms with Gasteiger partial charge in [0.05, 0.1) is 17.2 Å². The number of hydrogen-bond acceptors (Lipinski definition) is 4. The van der Waals surface area contributed by atoms with Crippen molar-refractivity contribution in [3.8, 4) is 5.75 Å². The van der Waals surface area contributed by atoms with Crippen molar-refractivity contribution in [1.82, 2.24) is 4.72 Å². The molecule has 0 aliphatic rings. The van der Waals surface area contributed by atoms with E-state index < -0.39 is 22.0 Å². The van der Waals surface area contributed by atoms with Gasteiger partial charge in [0.1, 0.15) is 11.8 Å². The van der Waals surface area contributed by atoms with E-state index in [9.17, 15) is 13.2 Å². The highest BCUT2D eigenvalue weighted by Gasteiger charge is 2.26. The van der Waals surface area contributed by atoms with E-state index in [0.29, 0.717) is 18.0 Å². The number of carbonyl (C=O) groups is 1. The molecule has 0 heterocycles. The standard InChI is InChI=1S/C23H24N2O4S/c1-2-29-22-16-10-9-15-20(22)24-23(26)21(17-18-11-5-3-6-12-18)25-30(27,28)19-13-7-4-8-14-19/h3-16,21,25H,2,17H2,1H3,(H,24,26)/t21-/m0/s1. The topological polar surface area (TPSA) is 84.5 Å². The second-order valence-corrected chi connectivity index (χ2v) is 8.31. The Kier molecular flexibility index (Phi) is 7.21. The third kappa shape index (κ3) is 5.68. The van der Waals surface area contributed by atoms with Gasteiger partial charge >= 0.3 is 0 Å². The van der Waals surface area contributed by atoms with Gasteiger partial charge in [0.15, 0.2) is 0 Å². The fourth-order valence-electron chi connectivity index (χ4n) is 2.96. The number of carbonyl (C=O) groups excluding carboxylic acids is 1. The average Bonchev–Trinajstić information content (AvgIpc) is 2.76. The van der Waals surface area contributed by atoms with Crippen LogP contribution in [0.2, 0.25) is 0 Å². The lowest BCUT2D eigenvalue weighted by Crippen LogP contribution is -2.45. The van der Waals surface area contributed by atoms with Crippen molar-refractivity contribution in [2.45, 2.75) is 24.3 Å². The van der Waals surface area contributed by atoms with Crippen molar-refractivity contribution < 1.29 is 17.9 Å². The summed E-state index contributed by atoms with van der Waals surface area (Å²) in [4.78, 5) is 13.2. The summed E-state index contributed by atoms with van der Waals surface area (Å²) in [6, 6.07) is 23.3. The maximum Gasteiger partial charge on any atom is 0.243 e. The molecule has 1 amide bonds. The molecule has 0 spiro atoms. The summed E-state index contributed by atoms with van der Waals surface area (Å²) < 4.78 is 33.8. The molecule has 30 heavy (non-hydrogen) atoms. The van der Waals surface area contributed by atoms with Gasteiger partial charge in [-0.25, -0.2) is 8.42 Å². The number of nitrogens with one attached hydrogen (secondary N) is 2. The van der Waals surface area contributed by atoms with E-state index in [-0.39, 0.29) is 11.3 Å². The van der Waals surface area contributed by atoms with Gasteiger partial charge in [-0.1, -0.05) is 60.7 Å². The third-order valence-corrected chi connectivity index (χ3v) is 5.88. The van der Waals surface area contributed by atoms with Gasteiger partial charge < -0.3 is 10.1 Å². The zero-order valence-corrected chi connectivity index (χ0v) is 17.4. The minimum atomic E-state index is -3.88. The zero-order chi connectivity index (χ0) is 21.4. The van der Waals surface area contributed by atoms with E-state index in [0.717, 1.165) is 5.56 Å². The molecule has 0 radical (unpaired) electrons. The summed E-state index contributed by atoms with van der Waals surface area (Å²) in [7, 11) is -3.88. The number of anilines is 1. The molecule has 2 N–H and O–H groups in total. The Hall–Kier alpha value is -3.16. The maximum absolute atomic E-state index is 13.1. The highest BCUT2D eigenvalue weighted by molar-refractivity contribution is 7.89. The first-order valence-corrected chi connectivity index (χ1v) is 11.1. The Balaban J connectivity index is 1.86. The van der Waals surface area contributed by atoms with Crippen LogP contribution in [0, 0.1) is 0 Å². The second-order valence-electron chi connectivity index (χ2n) is 6.60. The van der Waals surface area contributed by atoms with Gasteiger partial charge in [0, 0.05) is 0 Å². The number of amides is 1. The van der Waals surface area contributed by atoms with Crippen molar-refractivity contribution in [2.24, 2.45) is 0 Å². The quantitative estimate of drug-likeness (QED) is 0.550. The molecule has 0 unspecified atom stereocenters. The number of rotatable bonds is 9. The van der Waals surface area contributed by atoms with Gasteiger partial charge in [-0.3, -0.25) is 4.79 Å². The van der Waals surface area contributed by atoms with Crippen molar-refractivity contribution in [3.63, 3.8) is 0 Å². The minimum absolute atomic E-state index is 0.102. The molecule has 1 atom stereocenters. The van der Waals surface area contributed by atoms with Gasteiger partial charge in [-0.2, -0.15) is 4.72 Å². The Bertz CT molecular complexity index is 1070. The van der Waals surface area contributed by atoms with E-state index in [1.54, 1.807) is 42.5 Å². The van der Waals surface area contributed by atoms with Crippen LogP contribution in [0.3, 0.4) is 0 Å². The molecule has 0 aliphatic carbocycles. The van der Waals surface area contributed by atoms with Crippen molar-refractivity contribution in [3.05, 3.63) is 90.5 Å². The van der Waals surface area contributed by atoms with Crippen LogP contribution in [0.15, 0.2) is 89.8 Å². The Morgan fingerprint density at radius 3 is 2.17 bits per heavy atom. The molecule has 0 saturated heterocycles. The van der Waals surface area contributed by atoms with Crippen LogP contribution in [0.1, 0.15) is 12.5 Å². The van der Waals surface area contributed by atoms with Crippen LogP contribution in [-0.2, 0) is 21.2 Å². The lowest BCUT2D eigenvalue weighted by atomic mass is 10.1. The van der Waals surface area contributed by atoms with E-state index in [2.05, 4.69) is 10.0 Å². The molecular formula is C23H24N2O4S. The van der Waals surface area contributed by atoms with Crippen LogP contribution in [-0.4, -0.2) is 27.0 Å². The minimum Gasteiger partial charge on any atom is -0.492 e. The largest absolute Gasteiger partial charge is 0.492 e. The van der Waals surface area contributed by atoms with Crippen molar-refractivity contribution in [2.75, 3.05) is 11.9 Å². The Morgan fingerprint density at radius 1 is 0.900 bits per heavy atom. The van der Waals surface area contributed by atoms with E-state index in [4.69, 9.17) is 4.74 Å². The van der Waals surface area contributed by atoms with Crippen molar-refractivity contribution >= 4 is 21.6 Å².